The zero-order valence-electron chi connectivity index (χ0n) is 9.47. The molecule has 18 heavy (non-hydrogen) atoms. The maximum Gasteiger partial charge on any atom is 0.375 e. The fraction of sp³-hybridized carbons (Fsp3) is 0.0833. The van der Waals surface area contributed by atoms with Crippen molar-refractivity contribution in [2.24, 2.45) is 0 Å². The van der Waals surface area contributed by atoms with E-state index in [1.807, 2.05) is 12.1 Å². The number of aromatic nitrogens is 3. The standard InChI is InChI=1S/C12H9N3O3/c1-6-9(15-18-10(6)12(16)17)8-5-14-11-7(8)3-2-4-13-11/h2-5H,1H3,(H,13,14)(H,16,17). The average Bonchev–Trinajstić information content (AvgIpc) is 2.92. The van der Waals surface area contributed by atoms with Gasteiger partial charge >= 0.3 is 5.97 Å². The summed E-state index contributed by atoms with van der Waals surface area (Å²) in [6.07, 6.45) is 3.43. The molecule has 0 saturated carbocycles. The number of hydrogen-bond acceptors (Lipinski definition) is 4. The van der Waals surface area contributed by atoms with E-state index >= 15 is 0 Å². The van der Waals surface area contributed by atoms with Crippen molar-refractivity contribution in [2.75, 3.05) is 0 Å². The van der Waals surface area contributed by atoms with E-state index < -0.39 is 5.97 Å². The van der Waals surface area contributed by atoms with E-state index in [9.17, 15) is 4.79 Å². The number of aromatic amines is 1. The molecular formula is C12H9N3O3. The normalized spacial score (nSPS) is 10.9. The van der Waals surface area contributed by atoms with Gasteiger partial charge in [0.25, 0.3) is 0 Å². The number of H-pyrrole nitrogens is 1. The largest absolute Gasteiger partial charge is 0.475 e. The first-order valence-corrected chi connectivity index (χ1v) is 5.30. The van der Waals surface area contributed by atoms with Crippen LogP contribution in [-0.2, 0) is 0 Å². The second-order valence-electron chi connectivity index (χ2n) is 3.89. The van der Waals surface area contributed by atoms with E-state index in [0.29, 0.717) is 11.3 Å². The van der Waals surface area contributed by atoms with Gasteiger partial charge in [-0.15, -0.1) is 0 Å². The summed E-state index contributed by atoms with van der Waals surface area (Å²) >= 11 is 0. The first-order valence-electron chi connectivity index (χ1n) is 5.30. The van der Waals surface area contributed by atoms with Crippen molar-refractivity contribution in [3.63, 3.8) is 0 Å². The third-order valence-electron chi connectivity index (χ3n) is 2.82. The Hall–Kier alpha value is -2.63. The van der Waals surface area contributed by atoms with Crippen molar-refractivity contribution >= 4 is 17.0 Å². The summed E-state index contributed by atoms with van der Waals surface area (Å²) in [5.74, 6) is -1.26. The van der Waals surface area contributed by atoms with Gasteiger partial charge < -0.3 is 14.6 Å². The van der Waals surface area contributed by atoms with Crippen LogP contribution in [0.2, 0.25) is 0 Å². The molecule has 3 heterocycles. The Morgan fingerprint density at radius 2 is 2.33 bits per heavy atom. The topological polar surface area (TPSA) is 92.0 Å². The van der Waals surface area contributed by atoms with Crippen LogP contribution < -0.4 is 0 Å². The maximum atomic E-state index is 10.9. The van der Waals surface area contributed by atoms with Crippen LogP contribution in [0.15, 0.2) is 29.0 Å². The number of aromatic carboxylic acids is 1. The number of carboxylic acids is 1. The maximum absolute atomic E-state index is 10.9. The molecule has 0 fully saturated rings. The van der Waals surface area contributed by atoms with Gasteiger partial charge in [0.1, 0.15) is 11.3 Å². The van der Waals surface area contributed by atoms with Gasteiger partial charge in [0.15, 0.2) is 0 Å². The highest BCUT2D eigenvalue weighted by Gasteiger charge is 2.20. The summed E-state index contributed by atoms with van der Waals surface area (Å²) in [5, 5.41) is 13.6. The van der Waals surface area contributed by atoms with Crippen LogP contribution in [0.3, 0.4) is 0 Å². The molecule has 2 N–H and O–H groups in total. The van der Waals surface area contributed by atoms with Gasteiger partial charge in [0.2, 0.25) is 5.76 Å². The Kier molecular flexibility index (Phi) is 2.16. The zero-order chi connectivity index (χ0) is 12.7. The van der Waals surface area contributed by atoms with E-state index in [4.69, 9.17) is 9.63 Å². The molecule has 3 aromatic rings. The van der Waals surface area contributed by atoms with Crippen LogP contribution in [0.25, 0.3) is 22.3 Å². The number of nitrogens with zero attached hydrogens (tertiary/aromatic N) is 2. The summed E-state index contributed by atoms with van der Waals surface area (Å²) in [6.45, 7) is 1.67. The van der Waals surface area contributed by atoms with Crippen molar-refractivity contribution in [3.05, 3.63) is 35.9 Å². The van der Waals surface area contributed by atoms with Gasteiger partial charge in [-0.1, -0.05) is 5.16 Å². The SMILES string of the molecule is Cc1c(-c2c[nH]c3ncccc23)noc1C(=O)O. The summed E-state index contributed by atoms with van der Waals surface area (Å²) < 4.78 is 4.85. The van der Waals surface area contributed by atoms with Crippen molar-refractivity contribution in [3.8, 4) is 11.3 Å². The van der Waals surface area contributed by atoms with Crippen molar-refractivity contribution in [2.45, 2.75) is 6.92 Å². The van der Waals surface area contributed by atoms with Gasteiger partial charge in [-0.3, -0.25) is 0 Å². The van der Waals surface area contributed by atoms with Crippen LogP contribution >= 0.6 is 0 Å². The second kappa shape index (κ2) is 3.69. The molecule has 0 aliphatic carbocycles. The molecule has 0 aromatic carbocycles. The van der Waals surface area contributed by atoms with Crippen LogP contribution in [-0.4, -0.2) is 26.2 Å². The lowest BCUT2D eigenvalue weighted by molar-refractivity contribution is 0.0651. The number of carbonyl (C=O) groups is 1. The van der Waals surface area contributed by atoms with Crippen molar-refractivity contribution in [1.82, 2.24) is 15.1 Å². The number of hydrogen-bond donors (Lipinski definition) is 2. The van der Waals surface area contributed by atoms with Gasteiger partial charge in [-0.05, 0) is 19.1 Å². The van der Waals surface area contributed by atoms with Gasteiger partial charge in [-0.25, -0.2) is 9.78 Å². The molecule has 0 atom stereocenters. The van der Waals surface area contributed by atoms with E-state index in [-0.39, 0.29) is 5.76 Å². The minimum absolute atomic E-state index is 0.136. The average molecular weight is 243 g/mol. The van der Waals surface area contributed by atoms with Gasteiger partial charge in [0, 0.05) is 28.9 Å². The van der Waals surface area contributed by atoms with Crippen LogP contribution in [0.5, 0.6) is 0 Å². The molecule has 3 rings (SSSR count). The molecule has 6 heteroatoms. The van der Waals surface area contributed by atoms with Crippen LogP contribution in [0, 0.1) is 6.92 Å². The van der Waals surface area contributed by atoms with Gasteiger partial charge in [0.05, 0.1) is 0 Å². The number of nitrogens with one attached hydrogen (secondary N) is 1. The third-order valence-corrected chi connectivity index (χ3v) is 2.82. The fourth-order valence-electron chi connectivity index (χ4n) is 1.94. The highest BCUT2D eigenvalue weighted by molar-refractivity contribution is 5.95. The number of pyridine rings is 1. The van der Waals surface area contributed by atoms with Crippen LogP contribution in [0.1, 0.15) is 16.1 Å². The molecule has 6 nitrogen and oxygen atoms in total. The van der Waals surface area contributed by atoms with Gasteiger partial charge in [-0.2, -0.15) is 0 Å². The summed E-state index contributed by atoms with van der Waals surface area (Å²) in [5.41, 5.74) is 2.54. The number of carboxylic acid groups (broad SMARTS) is 1. The molecule has 0 aliphatic rings. The Morgan fingerprint density at radius 3 is 3.06 bits per heavy atom. The molecular weight excluding hydrogens is 234 g/mol. The number of fused-ring (bicyclic) bond motifs is 1. The molecule has 0 spiro atoms. The van der Waals surface area contributed by atoms with E-state index in [1.165, 1.54) is 0 Å². The molecule has 90 valence electrons. The first-order chi connectivity index (χ1) is 8.68. The molecule has 0 aliphatic heterocycles. The smallest absolute Gasteiger partial charge is 0.375 e. The Morgan fingerprint density at radius 1 is 1.50 bits per heavy atom. The van der Waals surface area contributed by atoms with E-state index in [1.54, 1.807) is 19.3 Å². The summed E-state index contributed by atoms with van der Waals surface area (Å²) in [6, 6.07) is 3.70. The number of rotatable bonds is 2. The molecule has 0 amide bonds. The predicted octanol–water partition coefficient (Wildman–Crippen LogP) is 2.22. The highest BCUT2D eigenvalue weighted by atomic mass is 16.5. The Bertz CT molecular complexity index is 742. The van der Waals surface area contributed by atoms with Crippen LogP contribution in [0.4, 0.5) is 0 Å². The minimum atomic E-state index is -1.12. The first kappa shape index (κ1) is 10.5. The monoisotopic (exact) mass is 243 g/mol. The lowest BCUT2D eigenvalue weighted by Gasteiger charge is -1.94. The second-order valence-corrected chi connectivity index (χ2v) is 3.89. The molecule has 0 unspecified atom stereocenters. The zero-order valence-corrected chi connectivity index (χ0v) is 9.47. The predicted molar refractivity (Wildman–Crippen MR) is 63.3 cm³/mol. The minimum Gasteiger partial charge on any atom is -0.475 e. The third kappa shape index (κ3) is 1.39. The quantitative estimate of drug-likeness (QED) is 0.720. The lowest BCUT2D eigenvalue weighted by atomic mass is 10.1. The van der Waals surface area contributed by atoms with E-state index in [0.717, 1.165) is 16.6 Å². The Balaban J connectivity index is 2.24. The lowest BCUT2D eigenvalue weighted by Crippen LogP contribution is -1.95. The molecule has 0 radical (unpaired) electrons. The molecule has 0 saturated heterocycles. The molecule has 3 aromatic heterocycles. The summed E-state index contributed by atoms with van der Waals surface area (Å²) in [4.78, 5) is 18.1. The highest BCUT2D eigenvalue weighted by Crippen LogP contribution is 2.30. The van der Waals surface area contributed by atoms with Crippen molar-refractivity contribution in [1.29, 1.82) is 0 Å². The van der Waals surface area contributed by atoms with E-state index in [2.05, 4.69) is 15.1 Å². The fourth-order valence-corrected chi connectivity index (χ4v) is 1.94. The Labute approximate surface area is 101 Å². The summed E-state index contributed by atoms with van der Waals surface area (Å²) in [7, 11) is 0. The molecule has 0 bridgehead atoms. The van der Waals surface area contributed by atoms with Crippen molar-refractivity contribution < 1.29 is 14.4 Å².